The average molecular weight is 278 g/mol. The van der Waals surface area contributed by atoms with Gasteiger partial charge in [-0.3, -0.25) is 4.79 Å². The summed E-state index contributed by atoms with van der Waals surface area (Å²) < 4.78 is 0. The van der Waals surface area contributed by atoms with Crippen LogP contribution >= 0.6 is 0 Å². The number of carbonyl (C=O) groups excluding carboxylic acids is 1. The Morgan fingerprint density at radius 2 is 1.62 bits per heavy atom. The molecular formula is C20H22O. The maximum absolute atomic E-state index is 10.7. The van der Waals surface area contributed by atoms with Gasteiger partial charge in [-0.15, -0.1) is 0 Å². The van der Waals surface area contributed by atoms with E-state index in [1.807, 2.05) is 24.3 Å². The normalized spacial score (nSPS) is 11.8. The summed E-state index contributed by atoms with van der Waals surface area (Å²) in [5.41, 5.74) is 4.65. The Balaban J connectivity index is 2.13. The lowest BCUT2D eigenvalue weighted by atomic mass is 9.94. The van der Waals surface area contributed by atoms with E-state index in [1.54, 1.807) is 0 Å². The van der Waals surface area contributed by atoms with Crippen LogP contribution in [0.5, 0.6) is 0 Å². The van der Waals surface area contributed by atoms with Crippen molar-refractivity contribution in [3.8, 4) is 0 Å². The van der Waals surface area contributed by atoms with Crippen molar-refractivity contribution >= 4 is 12.4 Å². The molecule has 0 spiro atoms. The van der Waals surface area contributed by atoms with Crippen LogP contribution in [0.15, 0.2) is 54.6 Å². The molecule has 2 aromatic rings. The summed E-state index contributed by atoms with van der Waals surface area (Å²) in [7, 11) is 0. The van der Waals surface area contributed by atoms with Crippen LogP contribution in [0.4, 0.5) is 0 Å². The fourth-order valence-corrected chi connectivity index (χ4v) is 2.10. The smallest absolute Gasteiger partial charge is 0.150 e. The molecule has 0 saturated carbocycles. The van der Waals surface area contributed by atoms with Gasteiger partial charge in [0.1, 0.15) is 6.29 Å². The zero-order valence-corrected chi connectivity index (χ0v) is 13.0. The van der Waals surface area contributed by atoms with E-state index < -0.39 is 0 Å². The minimum absolute atomic E-state index is 0.195. The van der Waals surface area contributed by atoms with Crippen LogP contribution in [0.25, 0.3) is 6.08 Å². The van der Waals surface area contributed by atoms with E-state index >= 15 is 0 Å². The Hall–Kier alpha value is -2.15. The molecule has 2 aromatic carbocycles. The van der Waals surface area contributed by atoms with Crippen molar-refractivity contribution in [1.82, 2.24) is 0 Å². The number of aldehydes is 1. The largest absolute Gasteiger partial charge is 0.298 e. The summed E-state index contributed by atoms with van der Waals surface area (Å²) in [5, 5.41) is 0. The van der Waals surface area contributed by atoms with Crippen LogP contribution < -0.4 is 0 Å². The third-order valence-electron chi connectivity index (χ3n) is 3.25. The second-order valence-corrected chi connectivity index (χ2v) is 6.48. The molecule has 0 amide bonds. The van der Waals surface area contributed by atoms with Crippen molar-refractivity contribution in [1.29, 1.82) is 0 Å². The first kappa shape index (κ1) is 15.2. The first-order valence-electron chi connectivity index (χ1n) is 7.28. The van der Waals surface area contributed by atoms with Gasteiger partial charge < -0.3 is 0 Å². The molecule has 1 heteroatoms. The Bertz CT molecular complexity index is 628. The maximum Gasteiger partial charge on any atom is 0.150 e. The zero-order chi connectivity index (χ0) is 15.3. The summed E-state index contributed by atoms with van der Waals surface area (Å²) in [4.78, 5) is 10.7. The molecule has 0 aliphatic heterocycles. The van der Waals surface area contributed by atoms with Gasteiger partial charge in [0.25, 0.3) is 0 Å². The first-order chi connectivity index (χ1) is 9.96. The number of rotatable bonds is 4. The molecular weight excluding hydrogens is 256 g/mol. The SMILES string of the molecule is CC(C)(C)/C=C/c1cccc(Cc2ccc(C=O)cc2)c1. The second kappa shape index (κ2) is 6.53. The highest BCUT2D eigenvalue weighted by Gasteiger charge is 2.04. The Morgan fingerprint density at radius 3 is 2.24 bits per heavy atom. The fourth-order valence-electron chi connectivity index (χ4n) is 2.10. The Labute approximate surface area is 127 Å². The summed E-state index contributed by atoms with van der Waals surface area (Å²) in [5.74, 6) is 0. The predicted octanol–water partition coefficient (Wildman–Crippen LogP) is 5.15. The second-order valence-electron chi connectivity index (χ2n) is 6.48. The molecule has 0 aliphatic rings. The molecule has 0 fully saturated rings. The van der Waals surface area contributed by atoms with E-state index in [2.05, 4.69) is 57.2 Å². The van der Waals surface area contributed by atoms with Crippen LogP contribution in [0.3, 0.4) is 0 Å². The van der Waals surface area contributed by atoms with Gasteiger partial charge in [-0.1, -0.05) is 81.5 Å². The van der Waals surface area contributed by atoms with E-state index in [-0.39, 0.29) is 5.41 Å². The van der Waals surface area contributed by atoms with E-state index in [9.17, 15) is 4.79 Å². The van der Waals surface area contributed by atoms with Crippen molar-refractivity contribution in [3.63, 3.8) is 0 Å². The van der Waals surface area contributed by atoms with Gasteiger partial charge in [-0.2, -0.15) is 0 Å². The lowest BCUT2D eigenvalue weighted by Gasteiger charge is -2.11. The van der Waals surface area contributed by atoms with Gasteiger partial charge in [0.2, 0.25) is 0 Å². The lowest BCUT2D eigenvalue weighted by molar-refractivity contribution is 0.112. The Morgan fingerprint density at radius 1 is 0.905 bits per heavy atom. The summed E-state index contributed by atoms with van der Waals surface area (Å²) in [6, 6.07) is 16.3. The van der Waals surface area contributed by atoms with Crippen molar-refractivity contribution in [2.24, 2.45) is 5.41 Å². The quantitative estimate of drug-likeness (QED) is 0.707. The van der Waals surface area contributed by atoms with Crippen LogP contribution in [0.1, 0.15) is 47.8 Å². The van der Waals surface area contributed by atoms with E-state index in [0.717, 1.165) is 18.3 Å². The molecule has 0 N–H and O–H groups in total. The molecule has 1 nitrogen and oxygen atoms in total. The van der Waals surface area contributed by atoms with Gasteiger partial charge >= 0.3 is 0 Å². The monoisotopic (exact) mass is 278 g/mol. The van der Waals surface area contributed by atoms with Crippen molar-refractivity contribution in [3.05, 3.63) is 76.9 Å². The highest BCUT2D eigenvalue weighted by Crippen LogP contribution is 2.18. The molecule has 0 radical (unpaired) electrons. The highest BCUT2D eigenvalue weighted by atomic mass is 16.1. The topological polar surface area (TPSA) is 17.1 Å². The van der Waals surface area contributed by atoms with E-state index in [1.165, 1.54) is 16.7 Å². The summed E-state index contributed by atoms with van der Waals surface area (Å²) in [6.07, 6.45) is 6.17. The fraction of sp³-hybridized carbons (Fsp3) is 0.250. The average Bonchev–Trinajstić information content (AvgIpc) is 2.46. The van der Waals surface area contributed by atoms with Crippen LogP contribution in [-0.2, 0) is 6.42 Å². The molecule has 0 bridgehead atoms. The van der Waals surface area contributed by atoms with E-state index in [0.29, 0.717) is 0 Å². The lowest BCUT2D eigenvalue weighted by Crippen LogP contribution is -1.98. The van der Waals surface area contributed by atoms with Gasteiger partial charge in [-0.05, 0) is 28.5 Å². The van der Waals surface area contributed by atoms with Gasteiger partial charge in [0.15, 0.2) is 0 Å². The van der Waals surface area contributed by atoms with Gasteiger partial charge in [-0.25, -0.2) is 0 Å². The molecule has 0 heterocycles. The third kappa shape index (κ3) is 5.03. The molecule has 2 rings (SSSR count). The number of hydrogen-bond donors (Lipinski definition) is 0. The minimum Gasteiger partial charge on any atom is -0.298 e. The molecule has 0 aromatic heterocycles. The molecule has 0 saturated heterocycles. The van der Waals surface area contributed by atoms with Crippen LogP contribution in [0.2, 0.25) is 0 Å². The first-order valence-corrected chi connectivity index (χ1v) is 7.28. The zero-order valence-electron chi connectivity index (χ0n) is 13.0. The molecule has 0 atom stereocenters. The third-order valence-corrected chi connectivity index (χ3v) is 3.25. The van der Waals surface area contributed by atoms with Crippen LogP contribution in [-0.4, -0.2) is 6.29 Å². The molecule has 21 heavy (non-hydrogen) atoms. The minimum atomic E-state index is 0.195. The summed E-state index contributed by atoms with van der Waals surface area (Å²) >= 11 is 0. The van der Waals surface area contributed by atoms with Crippen molar-refractivity contribution in [2.45, 2.75) is 27.2 Å². The Kier molecular flexibility index (Phi) is 4.74. The number of carbonyl (C=O) groups is 1. The van der Waals surface area contributed by atoms with Gasteiger partial charge in [0, 0.05) is 5.56 Å². The maximum atomic E-state index is 10.7. The van der Waals surface area contributed by atoms with Crippen molar-refractivity contribution < 1.29 is 4.79 Å². The molecule has 0 aliphatic carbocycles. The highest BCUT2D eigenvalue weighted by molar-refractivity contribution is 5.74. The van der Waals surface area contributed by atoms with Crippen LogP contribution in [0, 0.1) is 5.41 Å². The van der Waals surface area contributed by atoms with E-state index in [4.69, 9.17) is 0 Å². The molecule has 0 unspecified atom stereocenters. The number of hydrogen-bond acceptors (Lipinski definition) is 1. The predicted molar refractivity (Wildman–Crippen MR) is 89.6 cm³/mol. The standard InChI is InChI=1S/C20H22O/c1-20(2,3)12-11-16-5-4-6-19(13-16)14-17-7-9-18(15-21)10-8-17/h4-13,15H,14H2,1-3H3/b12-11+. The summed E-state index contributed by atoms with van der Waals surface area (Å²) in [6.45, 7) is 6.59. The van der Waals surface area contributed by atoms with Gasteiger partial charge in [0.05, 0.1) is 0 Å². The molecule has 108 valence electrons. The number of benzene rings is 2. The van der Waals surface area contributed by atoms with Crippen molar-refractivity contribution in [2.75, 3.05) is 0 Å². The number of allylic oxidation sites excluding steroid dienone is 1.